The van der Waals surface area contributed by atoms with E-state index in [0.29, 0.717) is 37.5 Å². The Morgan fingerprint density at radius 1 is 1.04 bits per heavy atom. The number of para-hydroxylation sites is 1. The SMILES string of the molecule is Cc1occc1C(=O)OCC(=O)N1CCN(C(=O)Nc2ccccc2)CC1. The Morgan fingerprint density at radius 3 is 2.33 bits per heavy atom. The zero-order valence-corrected chi connectivity index (χ0v) is 15.0. The fourth-order valence-corrected chi connectivity index (χ4v) is 2.78. The van der Waals surface area contributed by atoms with Gasteiger partial charge in [-0.15, -0.1) is 0 Å². The molecular formula is C19H21N3O5. The van der Waals surface area contributed by atoms with E-state index in [9.17, 15) is 14.4 Å². The third kappa shape index (κ3) is 4.66. The third-order valence-electron chi connectivity index (χ3n) is 4.35. The van der Waals surface area contributed by atoms with Crippen molar-refractivity contribution in [3.63, 3.8) is 0 Å². The normalized spacial score (nSPS) is 14.0. The zero-order valence-electron chi connectivity index (χ0n) is 15.0. The van der Waals surface area contributed by atoms with Crippen LogP contribution in [0.1, 0.15) is 16.1 Å². The molecule has 3 rings (SSSR count). The van der Waals surface area contributed by atoms with Gasteiger partial charge in [0.25, 0.3) is 5.91 Å². The zero-order chi connectivity index (χ0) is 19.2. The monoisotopic (exact) mass is 371 g/mol. The van der Waals surface area contributed by atoms with Gasteiger partial charge in [-0.3, -0.25) is 4.79 Å². The number of nitrogens with one attached hydrogen (secondary N) is 1. The molecule has 0 atom stereocenters. The van der Waals surface area contributed by atoms with Crippen molar-refractivity contribution in [3.8, 4) is 0 Å². The fraction of sp³-hybridized carbons (Fsp3) is 0.316. The first-order chi connectivity index (χ1) is 13.0. The second-order valence-electron chi connectivity index (χ2n) is 6.13. The van der Waals surface area contributed by atoms with Gasteiger partial charge in [-0.1, -0.05) is 18.2 Å². The number of nitrogens with zero attached hydrogens (tertiary/aromatic N) is 2. The average Bonchev–Trinajstić information content (AvgIpc) is 3.12. The molecule has 0 spiro atoms. The van der Waals surface area contributed by atoms with Crippen LogP contribution in [-0.2, 0) is 9.53 Å². The van der Waals surface area contributed by atoms with Crippen LogP contribution in [0.25, 0.3) is 0 Å². The number of carbonyl (C=O) groups excluding carboxylic acids is 3. The lowest BCUT2D eigenvalue weighted by molar-refractivity contribution is -0.135. The Labute approximate surface area is 156 Å². The molecule has 1 N–H and O–H groups in total. The predicted octanol–water partition coefficient (Wildman–Crippen LogP) is 2.12. The van der Waals surface area contributed by atoms with E-state index in [1.165, 1.54) is 12.3 Å². The number of carbonyl (C=O) groups is 3. The largest absolute Gasteiger partial charge is 0.469 e. The molecule has 0 saturated carbocycles. The summed E-state index contributed by atoms with van der Waals surface area (Å²) in [6, 6.07) is 10.5. The minimum atomic E-state index is -0.588. The van der Waals surface area contributed by atoms with Crippen molar-refractivity contribution in [2.24, 2.45) is 0 Å². The number of ether oxygens (including phenoxy) is 1. The fourth-order valence-electron chi connectivity index (χ4n) is 2.78. The molecule has 3 amide bonds. The number of piperazine rings is 1. The first-order valence-corrected chi connectivity index (χ1v) is 8.64. The topological polar surface area (TPSA) is 92.1 Å². The molecule has 1 aromatic carbocycles. The number of furan rings is 1. The summed E-state index contributed by atoms with van der Waals surface area (Å²) in [4.78, 5) is 39.6. The summed E-state index contributed by atoms with van der Waals surface area (Å²) in [6.07, 6.45) is 1.40. The summed E-state index contributed by atoms with van der Waals surface area (Å²) in [7, 11) is 0. The van der Waals surface area contributed by atoms with Crippen molar-refractivity contribution < 1.29 is 23.5 Å². The van der Waals surface area contributed by atoms with Gasteiger partial charge in [-0.25, -0.2) is 9.59 Å². The first kappa shape index (κ1) is 18.5. The van der Waals surface area contributed by atoms with E-state index in [-0.39, 0.29) is 18.5 Å². The summed E-state index contributed by atoms with van der Waals surface area (Å²) in [6.45, 7) is 2.93. The van der Waals surface area contributed by atoms with E-state index < -0.39 is 5.97 Å². The molecule has 2 aromatic rings. The molecule has 0 aliphatic carbocycles. The van der Waals surface area contributed by atoms with Crippen LogP contribution in [0.5, 0.6) is 0 Å². The second kappa shape index (κ2) is 8.39. The number of hydrogen-bond acceptors (Lipinski definition) is 5. The quantitative estimate of drug-likeness (QED) is 0.831. The molecule has 1 aliphatic heterocycles. The Kier molecular flexibility index (Phi) is 5.75. The molecule has 2 heterocycles. The van der Waals surface area contributed by atoms with Gasteiger partial charge in [0, 0.05) is 31.9 Å². The van der Waals surface area contributed by atoms with Crippen LogP contribution in [0, 0.1) is 6.92 Å². The Balaban J connectivity index is 1.43. The summed E-state index contributed by atoms with van der Waals surface area (Å²) >= 11 is 0. The van der Waals surface area contributed by atoms with Gasteiger partial charge < -0.3 is 24.3 Å². The molecule has 142 valence electrons. The molecule has 0 radical (unpaired) electrons. The number of anilines is 1. The molecule has 1 fully saturated rings. The van der Waals surface area contributed by atoms with Crippen molar-refractivity contribution >= 4 is 23.6 Å². The van der Waals surface area contributed by atoms with Crippen LogP contribution in [0.3, 0.4) is 0 Å². The van der Waals surface area contributed by atoms with Crippen molar-refractivity contribution in [2.75, 3.05) is 38.1 Å². The van der Waals surface area contributed by atoms with E-state index in [4.69, 9.17) is 9.15 Å². The van der Waals surface area contributed by atoms with Crippen LogP contribution in [0.4, 0.5) is 10.5 Å². The lowest BCUT2D eigenvalue weighted by atomic mass is 10.3. The highest BCUT2D eigenvalue weighted by Crippen LogP contribution is 2.11. The Hall–Kier alpha value is -3.29. The molecule has 1 aliphatic rings. The van der Waals surface area contributed by atoms with Crippen molar-refractivity contribution in [1.29, 1.82) is 0 Å². The van der Waals surface area contributed by atoms with Gasteiger partial charge in [-0.05, 0) is 25.1 Å². The maximum atomic E-state index is 12.3. The Morgan fingerprint density at radius 2 is 1.70 bits per heavy atom. The first-order valence-electron chi connectivity index (χ1n) is 8.64. The van der Waals surface area contributed by atoms with Crippen LogP contribution >= 0.6 is 0 Å². The van der Waals surface area contributed by atoms with Crippen molar-refractivity contribution in [1.82, 2.24) is 9.80 Å². The summed E-state index contributed by atoms with van der Waals surface area (Å²) < 4.78 is 10.1. The molecular weight excluding hydrogens is 350 g/mol. The molecule has 0 bridgehead atoms. The molecule has 0 unspecified atom stereocenters. The van der Waals surface area contributed by atoms with Gasteiger partial charge in [0.15, 0.2) is 6.61 Å². The number of esters is 1. The van der Waals surface area contributed by atoms with Gasteiger partial charge in [0.1, 0.15) is 11.3 Å². The summed E-state index contributed by atoms with van der Waals surface area (Å²) in [5.74, 6) is -0.423. The van der Waals surface area contributed by atoms with Gasteiger partial charge >= 0.3 is 12.0 Å². The maximum absolute atomic E-state index is 12.3. The molecule has 8 heteroatoms. The van der Waals surface area contributed by atoms with E-state index in [1.807, 2.05) is 30.3 Å². The highest BCUT2D eigenvalue weighted by atomic mass is 16.5. The van der Waals surface area contributed by atoms with E-state index in [2.05, 4.69) is 5.32 Å². The number of urea groups is 1. The average molecular weight is 371 g/mol. The molecule has 27 heavy (non-hydrogen) atoms. The second-order valence-corrected chi connectivity index (χ2v) is 6.13. The van der Waals surface area contributed by atoms with Crippen LogP contribution in [-0.4, -0.2) is 60.5 Å². The van der Waals surface area contributed by atoms with Gasteiger partial charge in [0.2, 0.25) is 0 Å². The number of hydrogen-bond donors (Lipinski definition) is 1. The summed E-state index contributed by atoms with van der Waals surface area (Å²) in [5.41, 5.74) is 1.03. The predicted molar refractivity (Wildman–Crippen MR) is 97.3 cm³/mol. The number of benzene rings is 1. The third-order valence-corrected chi connectivity index (χ3v) is 4.35. The number of aryl methyl sites for hydroxylation is 1. The highest BCUT2D eigenvalue weighted by Gasteiger charge is 2.25. The number of amides is 3. The van der Waals surface area contributed by atoms with E-state index in [0.717, 1.165) is 5.69 Å². The van der Waals surface area contributed by atoms with Crippen molar-refractivity contribution in [3.05, 3.63) is 54.0 Å². The van der Waals surface area contributed by atoms with Crippen LogP contribution in [0.15, 0.2) is 47.1 Å². The van der Waals surface area contributed by atoms with Gasteiger partial charge in [-0.2, -0.15) is 0 Å². The van der Waals surface area contributed by atoms with E-state index in [1.54, 1.807) is 16.7 Å². The standard InChI is InChI=1S/C19H21N3O5/c1-14-16(7-12-26-14)18(24)27-13-17(23)21-8-10-22(11-9-21)19(25)20-15-5-3-2-4-6-15/h2-7,12H,8-11,13H2,1H3,(H,20,25). The molecule has 1 saturated heterocycles. The number of rotatable bonds is 4. The smallest absolute Gasteiger partial charge is 0.342 e. The minimum Gasteiger partial charge on any atom is -0.469 e. The maximum Gasteiger partial charge on any atom is 0.342 e. The Bertz CT molecular complexity index is 810. The lowest BCUT2D eigenvalue weighted by Gasteiger charge is -2.34. The van der Waals surface area contributed by atoms with Crippen LogP contribution < -0.4 is 5.32 Å². The molecule has 1 aromatic heterocycles. The highest BCUT2D eigenvalue weighted by molar-refractivity contribution is 5.92. The summed E-state index contributed by atoms with van der Waals surface area (Å²) in [5, 5.41) is 2.82. The van der Waals surface area contributed by atoms with Crippen LogP contribution in [0.2, 0.25) is 0 Å². The molecule has 8 nitrogen and oxygen atoms in total. The van der Waals surface area contributed by atoms with Gasteiger partial charge in [0.05, 0.1) is 6.26 Å². The lowest BCUT2D eigenvalue weighted by Crippen LogP contribution is -2.52. The van der Waals surface area contributed by atoms with E-state index >= 15 is 0 Å². The minimum absolute atomic E-state index is 0.199. The van der Waals surface area contributed by atoms with Crippen molar-refractivity contribution in [2.45, 2.75) is 6.92 Å².